The second kappa shape index (κ2) is 6.88. The highest BCUT2D eigenvalue weighted by Gasteiger charge is 2.41. The number of nitrogens with zero attached hydrogens (tertiary/aromatic N) is 1. The lowest BCUT2D eigenvalue weighted by Crippen LogP contribution is -2.32. The fourth-order valence-corrected chi connectivity index (χ4v) is 2.90. The maximum Gasteiger partial charge on any atom is 0.237 e. The molecule has 26 heavy (non-hydrogen) atoms. The lowest BCUT2D eigenvalue weighted by atomic mass is 9.87. The summed E-state index contributed by atoms with van der Waals surface area (Å²) in [5.74, 6) is -6.52. The Balaban J connectivity index is 1.88. The maximum atomic E-state index is 13.9. The van der Waals surface area contributed by atoms with E-state index in [1.165, 1.54) is 24.3 Å². The fourth-order valence-electron chi connectivity index (χ4n) is 2.90. The van der Waals surface area contributed by atoms with E-state index in [9.17, 15) is 22.8 Å². The molecule has 8 heteroatoms. The molecule has 2 atom stereocenters. The number of anilines is 1. The molecule has 2 N–H and O–H groups in total. The van der Waals surface area contributed by atoms with Crippen LogP contribution in [0.15, 0.2) is 36.4 Å². The number of amides is 2. The minimum absolute atomic E-state index is 0.0773. The minimum atomic E-state index is -1.25. The van der Waals surface area contributed by atoms with E-state index in [4.69, 9.17) is 5.26 Å². The molecule has 0 radical (unpaired) electrons. The number of carbonyl (C=O) groups excluding carboxylic acids is 2. The van der Waals surface area contributed by atoms with E-state index < -0.39 is 41.1 Å². The van der Waals surface area contributed by atoms with Crippen LogP contribution in [-0.4, -0.2) is 18.4 Å². The van der Waals surface area contributed by atoms with Crippen LogP contribution in [-0.2, 0) is 9.59 Å². The third-order valence-corrected chi connectivity index (χ3v) is 4.21. The van der Waals surface area contributed by atoms with Crippen molar-refractivity contribution in [1.29, 1.82) is 5.26 Å². The van der Waals surface area contributed by atoms with Gasteiger partial charge in [-0.15, -0.1) is 0 Å². The van der Waals surface area contributed by atoms with Crippen LogP contribution in [0.3, 0.4) is 0 Å². The molecule has 1 heterocycles. The third kappa shape index (κ3) is 3.11. The van der Waals surface area contributed by atoms with Gasteiger partial charge in [-0.25, -0.2) is 13.2 Å². The average Bonchev–Trinajstić information content (AvgIpc) is 3.00. The average molecular weight is 359 g/mol. The Labute approximate surface area is 146 Å². The Morgan fingerprint density at radius 3 is 2.65 bits per heavy atom. The third-order valence-electron chi connectivity index (χ3n) is 4.21. The van der Waals surface area contributed by atoms with Gasteiger partial charge in [0, 0.05) is 12.5 Å². The van der Waals surface area contributed by atoms with E-state index in [0.29, 0.717) is 5.56 Å². The number of benzene rings is 2. The van der Waals surface area contributed by atoms with E-state index in [1.54, 1.807) is 6.07 Å². The summed E-state index contributed by atoms with van der Waals surface area (Å²) in [4.78, 5) is 24.5. The van der Waals surface area contributed by atoms with Crippen molar-refractivity contribution in [1.82, 2.24) is 5.32 Å². The van der Waals surface area contributed by atoms with Crippen molar-refractivity contribution >= 4 is 17.5 Å². The molecule has 2 aromatic carbocycles. The zero-order valence-electron chi connectivity index (χ0n) is 13.2. The van der Waals surface area contributed by atoms with E-state index in [-0.39, 0.29) is 17.8 Å². The molecule has 132 valence electrons. The van der Waals surface area contributed by atoms with Crippen molar-refractivity contribution in [3.05, 3.63) is 65.0 Å². The molecule has 0 unspecified atom stereocenters. The van der Waals surface area contributed by atoms with Crippen LogP contribution in [0.25, 0.3) is 0 Å². The van der Waals surface area contributed by atoms with E-state index in [2.05, 4.69) is 10.6 Å². The first-order chi connectivity index (χ1) is 12.4. The van der Waals surface area contributed by atoms with Crippen LogP contribution in [0, 0.1) is 34.7 Å². The molecule has 0 saturated carbocycles. The van der Waals surface area contributed by atoms with Crippen LogP contribution in [0.4, 0.5) is 18.9 Å². The molecule has 1 aliphatic rings. The summed E-state index contributed by atoms with van der Waals surface area (Å²) in [5.41, 5.74) is -0.201. The smallest absolute Gasteiger partial charge is 0.237 e. The molecule has 2 aromatic rings. The SMILES string of the molecule is N#Cc1ccc([C@H]2CNC(=O)[C@@H]2C(=O)Nc2cccc(F)c2F)cc1F. The van der Waals surface area contributed by atoms with Crippen molar-refractivity contribution in [2.75, 3.05) is 11.9 Å². The van der Waals surface area contributed by atoms with Crippen molar-refractivity contribution in [2.24, 2.45) is 5.92 Å². The second-order valence-corrected chi connectivity index (χ2v) is 5.77. The van der Waals surface area contributed by atoms with Crippen molar-refractivity contribution in [2.45, 2.75) is 5.92 Å². The molecule has 2 amide bonds. The molecular weight excluding hydrogens is 347 g/mol. The van der Waals surface area contributed by atoms with E-state index in [0.717, 1.165) is 12.1 Å². The van der Waals surface area contributed by atoms with Gasteiger partial charge in [0.25, 0.3) is 0 Å². The summed E-state index contributed by atoms with van der Waals surface area (Å²) in [6.07, 6.45) is 0. The Kier molecular flexibility index (Phi) is 4.63. The number of halogens is 3. The summed E-state index contributed by atoms with van der Waals surface area (Å²) in [5, 5.41) is 13.5. The van der Waals surface area contributed by atoms with Gasteiger partial charge in [0.1, 0.15) is 17.8 Å². The van der Waals surface area contributed by atoms with Gasteiger partial charge in [-0.1, -0.05) is 12.1 Å². The van der Waals surface area contributed by atoms with E-state index in [1.807, 2.05) is 0 Å². The van der Waals surface area contributed by atoms with Gasteiger partial charge >= 0.3 is 0 Å². The van der Waals surface area contributed by atoms with Gasteiger partial charge in [-0.3, -0.25) is 9.59 Å². The first-order valence-corrected chi connectivity index (χ1v) is 7.64. The number of carbonyl (C=O) groups is 2. The van der Waals surface area contributed by atoms with Gasteiger partial charge in [-0.2, -0.15) is 5.26 Å². The number of nitriles is 1. The Bertz CT molecular complexity index is 940. The zero-order valence-corrected chi connectivity index (χ0v) is 13.2. The highest BCUT2D eigenvalue weighted by molar-refractivity contribution is 6.08. The van der Waals surface area contributed by atoms with Gasteiger partial charge in [0.15, 0.2) is 11.6 Å². The summed E-state index contributed by atoms with van der Waals surface area (Å²) in [6.45, 7) is 0.0773. The minimum Gasteiger partial charge on any atom is -0.355 e. The van der Waals surface area contributed by atoms with Crippen LogP contribution in [0.1, 0.15) is 17.0 Å². The lowest BCUT2D eigenvalue weighted by molar-refractivity contribution is -0.130. The maximum absolute atomic E-state index is 13.9. The molecule has 0 aliphatic carbocycles. The van der Waals surface area contributed by atoms with Gasteiger partial charge in [0.2, 0.25) is 11.8 Å². The quantitative estimate of drug-likeness (QED) is 0.826. The molecule has 5 nitrogen and oxygen atoms in total. The molecule has 1 aliphatic heterocycles. The van der Waals surface area contributed by atoms with Crippen molar-refractivity contribution < 1.29 is 22.8 Å². The first kappa shape index (κ1) is 17.5. The summed E-state index contributed by atoms with van der Waals surface area (Å²) in [6, 6.07) is 8.77. The number of nitrogens with one attached hydrogen (secondary N) is 2. The highest BCUT2D eigenvalue weighted by Crippen LogP contribution is 2.31. The molecule has 3 rings (SSSR count). The Morgan fingerprint density at radius 2 is 1.96 bits per heavy atom. The lowest BCUT2D eigenvalue weighted by Gasteiger charge is -2.17. The normalized spacial score (nSPS) is 18.9. The summed E-state index contributed by atoms with van der Waals surface area (Å²) < 4.78 is 40.9. The summed E-state index contributed by atoms with van der Waals surface area (Å²) in [7, 11) is 0. The van der Waals surface area contributed by atoms with Crippen LogP contribution < -0.4 is 10.6 Å². The predicted molar refractivity (Wildman–Crippen MR) is 85.3 cm³/mol. The zero-order chi connectivity index (χ0) is 18.8. The molecule has 0 bridgehead atoms. The highest BCUT2D eigenvalue weighted by atomic mass is 19.2. The Morgan fingerprint density at radius 1 is 1.19 bits per heavy atom. The molecular formula is C18H12F3N3O2. The van der Waals surface area contributed by atoms with Gasteiger partial charge in [-0.05, 0) is 29.8 Å². The van der Waals surface area contributed by atoms with Crippen molar-refractivity contribution in [3.8, 4) is 6.07 Å². The first-order valence-electron chi connectivity index (χ1n) is 7.64. The molecule has 1 fully saturated rings. The largest absolute Gasteiger partial charge is 0.355 e. The van der Waals surface area contributed by atoms with Gasteiger partial charge in [0.05, 0.1) is 11.3 Å². The Hall–Kier alpha value is -3.34. The molecule has 0 aromatic heterocycles. The second-order valence-electron chi connectivity index (χ2n) is 5.77. The number of rotatable bonds is 3. The molecule has 1 saturated heterocycles. The van der Waals surface area contributed by atoms with Crippen molar-refractivity contribution in [3.63, 3.8) is 0 Å². The topological polar surface area (TPSA) is 82.0 Å². The number of hydrogen-bond donors (Lipinski definition) is 2. The fraction of sp³-hybridized carbons (Fsp3) is 0.167. The summed E-state index contributed by atoms with van der Waals surface area (Å²) >= 11 is 0. The molecule has 0 spiro atoms. The van der Waals surface area contributed by atoms with Gasteiger partial charge < -0.3 is 10.6 Å². The van der Waals surface area contributed by atoms with Crippen LogP contribution in [0.2, 0.25) is 0 Å². The number of hydrogen-bond acceptors (Lipinski definition) is 3. The standard InChI is InChI=1S/C18H12F3N3O2/c19-12-2-1-3-14(16(12)21)24-18(26)15-11(8-23-17(15)25)9-4-5-10(7-22)13(20)6-9/h1-6,11,15H,8H2,(H,23,25)(H,24,26)/t11-,15-/m1/s1. The van der Waals surface area contributed by atoms with Crippen LogP contribution in [0.5, 0.6) is 0 Å². The monoisotopic (exact) mass is 359 g/mol. The van der Waals surface area contributed by atoms with E-state index >= 15 is 0 Å². The van der Waals surface area contributed by atoms with Crippen LogP contribution >= 0.6 is 0 Å². The predicted octanol–water partition coefficient (Wildman–Crippen LogP) is 2.44.